The Bertz CT molecular complexity index is 448. The van der Waals surface area contributed by atoms with Crippen molar-refractivity contribution in [3.05, 3.63) is 12.1 Å². The first-order valence-corrected chi connectivity index (χ1v) is 6.15. The molecule has 106 valence electrons. The SMILES string of the molecule is COc1cc(OC)c(NC(=O)C(Cl)(Cl)Cl)c(OC)c1. The van der Waals surface area contributed by atoms with Gasteiger partial charge in [-0.3, -0.25) is 4.79 Å². The van der Waals surface area contributed by atoms with Crippen molar-refractivity contribution in [3.8, 4) is 17.2 Å². The van der Waals surface area contributed by atoms with E-state index in [2.05, 4.69) is 5.32 Å². The molecule has 0 atom stereocenters. The summed E-state index contributed by atoms with van der Waals surface area (Å²) >= 11 is 16.5. The van der Waals surface area contributed by atoms with Gasteiger partial charge in [0.2, 0.25) is 0 Å². The third kappa shape index (κ3) is 3.96. The van der Waals surface area contributed by atoms with Crippen LogP contribution in [0.5, 0.6) is 17.2 Å². The average Bonchev–Trinajstić information content (AvgIpc) is 2.37. The molecule has 5 nitrogen and oxygen atoms in total. The Morgan fingerprint density at radius 1 is 1.05 bits per heavy atom. The molecule has 0 aliphatic rings. The van der Waals surface area contributed by atoms with Gasteiger partial charge in [0.15, 0.2) is 0 Å². The molecule has 0 unspecified atom stereocenters. The number of methoxy groups -OCH3 is 3. The molecule has 1 aromatic rings. The van der Waals surface area contributed by atoms with Crippen LogP contribution >= 0.6 is 34.8 Å². The molecular weight excluding hydrogens is 316 g/mol. The Morgan fingerprint density at radius 2 is 1.53 bits per heavy atom. The zero-order valence-corrected chi connectivity index (χ0v) is 12.7. The summed E-state index contributed by atoms with van der Waals surface area (Å²) in [4.78, 5) is 11.7. The number of carbonyl (C=O) groups is 1. The smallest absolute Gasteiger partial charge is 0.276 e. The van der Waals surface area contributed by atoms with Gasteiger partial charge in [-0.05, 0) is 0 Å². The van der Waals surface area contributed by atoms with Crippen LogP contribution < -0.4 is 19.5 Å². The lowest BCUT2D eigenvalue weighted by Gasteiger charge is -2.17. The molecule has 1 amide bonds. The Morgan fingerprint density at radius 3 is 1.84 bits per heavy atom. The lowest BCUT2D eigenvalue weighted by molar-refractivity contribution is -0.115. The Balaban J connectivity index is 3.21. The number of alkyl halides is 3. The molecule has 8 heteroatoms. The van der Waals surface area contributed by atoms with Crippen LogP contribution in [-0.4, -0.2) is 31.0 Å². The van der Waals surface area contributed by atoms with E-state index in [0.29, 0.717) is 17.2 Å². The molecule has 0 aliphatic carbocycles. The van der Waals surface area contributed by atoms with E-state index in [1.165, 1.54) is 21.3 Å². The standard InChI is InChI=1S/C11H12Cl3NO4/c1-17-6-4-7(18-2)9(8(5-6)19-3)15-10(16)11(12,13)14/h4-5H,1-3H3,(H,15,16). The molecule has 0 bridgehead atoms. The first kappa shape index (κ1) is 16.0. The molecule has 1 N–H and O–H groups in total. The molecule has 0 radical (unpaired) electrons. The number of hydrogen-bond donors (Lipinski definition) is 1. The number of amides is 1. The van der Waals surface area contributed by atoms with Crippen LogP contribution in [0.2, 0.25) is 0 Å². The van der Waals surface area contributed by atoms with E-state index >= 15 is 0 Å². The van der Waals surface area contributed by atoms with Crippen LogP contribution in [0.4, 0.5) is 5.69 Å². The van der Waals surface area contributed by atoms with E-state index in [0.717, 1.165) is 0 Å². The van der Waals surface area contributed by atoms with Gasteiger partial charge >= 0.3 is 0 Å². The topological polar surface area (TPSA) is 56.8 Å². The van der Waals surface area contributed by atoms with Gasteiger partial charge < -0.3 is 19.5 Å². The number of anilines is 1. The highest BCUT2D eigenvalue weighted by Crippen LogP contribution is 2.40. The number of halogens is 3. The molecule has 0 heterocycles. The summed E-state index contributed by atoms with van der Waals surface area (Å²) in [6, 6.07) is 3.13. The summed E-state index contributed by atoms with van der Waals surface area (Å²) in [5.74, 6) is 0.317. The van der Waals surface area contributed by atoms with Crippen LogP contribution in [0.3, 0.4) is 0 Å². The number of nitrogens with one attached hydrogen (secondary N) is 1. The second-order valence-corrected chi connectivity index (χ2v) is 5.64. The van der Waals surface area contributed by atoms with Crippen molar-refractivity contribution in [1.29, 1.82) is 0 Å². The maximum atomic E-state index is 11.7. The van der Waals surface area contributed by atoms with Gasteiger partial charge in [-0.2, -0.15) is 0 Å². The molecule has 0 saturated heterocycles. The minimum Gasteiger partial charge on any atom is -0.496 e. The highest BCUT2D eigenvalue weighted by atomic mass is 35.6. The quantitative estimate of drug-likeness (QED) is 0.863. The van der Waals surface area contributed by atoms with Crippen molar-refractivity contribution in [2.24, 2.45) is 0 Å². The molecule has 19 heavy (non-hydrogen) atoms. The van der Waals surface area contributed by atoms with Crippen LogP contribution in [-0.2, 0) is 4.79 Å². The van der Waals surface area contributed by atoms with Gasteiger partial charge in [-0.25, -0.2) is 0 Å². The minimum absolute atomic E-state index is 0.252. The summed E-state index contributed by atoms with van der Waals surface area (Å²) in [5, 5.41) is 2.43. The van der Waals surface area contributed by atoms with Crippen molar-refractivity contribution >= 4 is 46.4 Å². The summed E-state index contributed by atoms with van der Waals surface area (Å²) in [5.41, 5.74) is 0.252. The fourth-order valence-electron chi connectivity index (χ4n) is 1.31. The van der Waals surface area contributed by atoms with Crippen LogP contribution in [0.15, 0.2) is 12.1 Å². The monoisotopic (exact) mass is 327 g/mol. The normalized spacial score (nSPS) is 10.8. The zero-order valence-electron chi connectivity index (χ0n) is 10.4. The predicted octanol–water partition coefficient (Wildman–Crippen LogP) is 3.02. The van der Waals surface area contributed by atoms with Crippen molar-refractivity contribution < 1.29 is 19.0 Å². The van der Waals surface area contributed by atoms with Gasteiger partial charge in [0.05, 0.1) is 21.3 Å². The summed E-state index contributed by atoms with van der Waals surface area (Å²) in [7, 11) is 4.35. The highest BCUT2D eigenvalue weighted by Gasteiger charge is 2.32. The third-order valence-corrected chi connectivity index (χ3v) is 2.73. The Kier molecular flexibility index (Phi) is 5.40. The van der Waals surface area contributed by atoms with Gasteiger partial charge in [0.25, 0.3) is 9.70 Å². The second kappa shape index (κ2) is 6.41. The fourth-order valence-corrected chi connectivity index (χ4v) is 1.46. The largest absolute Gasteiger partial charge is 0.496 e. The lowest BCUT2D eigenvalue weighted by Crippen LogP contribution is -2.27. The van der Waals surface area contributed by atoms with E-state index in [1.54, 1.807) is 12.1 Å². The van der Waals surface area contributed by atoms with Crippen molar-refractivity contribution in [3.63, 3.8) is 0 Å². The predicted molar refractivity (Wildman–Crippen MR) is 75.0 cm³/mol. The number of carbonyl (C=O) groups excluding carboxylic acids is 1. The minimum atomic E-state index is -2.09. The molecule has 0 aromatic heterocycles. The third-order valence-electron chi connectivity index (χ3n) is 2.21. The maximum absolute atomic E-state index is 11.7. The van der Waals surface area contributed by atoms with Crippen molar-refractivity contribution in [1.82, 2.24) is 0 Å². The lowest BCUT2D eigenvalue weighted by atomic mass is 10.2. The summed E-state index contributed by atoms with van der Waals surface area (Å²) < 4.78 is 13.3. The Hall–Kier alpha value is -1.04. The van der Waals surface area contributed by atoms with Crippen LogP contribution in [0.1, 0.15) is 0 Å². The van der Waals surface area contributed by atoms with Crippen molar-refractivity contribution in [2.45, 2.75) is 3.79 Å². The molecule has 0 saturated carbocycles. The van der Waals surface area contributed by atoms with Gasteiger partial charge in [-0.1, -0.05) is 34.8 Å². The zero-order chi connectivity index (χ0) is 14.6. The second-order valence-electron chi connectivity index (χ2n) is 3.36. The van der Waals surface area contributed by atoms with E-state index in [9.17, 15) is 4.79 Å². The van der Waals surface area contributed by atoms with Crippen molar-refractivity contribution in [2.75, 3.05) is 26.6 Å². The number of ether oxygens (including phenoxy) is 3. The van der Waals surface area contributed by atoms with Gasteiger partial charge in [-0.15, -0.1) is 0 Å². The molecule has 0 fully saturated rings. The summed E-state index contributed by atoms with van der Waals surface area (Å²) in [6.45, 7) is 0. The maximum Gasteiger partial charge on any atom is 0.276 e. The van der Waals surface area contributed by atoms with E-state index < -0.39 is 9.70 Å². The van der Waals surface area contributed by atoms with Crippen LogP contribution in [0, 0.1) is 0 Å². The van der Waals surface area contributed by atoms with E-state index in [-0.39, 0.29) is 5.69 Å². The van der Waals surface area contributed by atoms with Gasteiger partial charge in [0, 0.05) is 12.1 Å². The Labute approximate surface area is 125 Å². The van der Waals surface area contributed by atoms with E-state index in [4.69, 9.17) is 49.0 Å². The molecule has 1 aromatic carbocycles. The molecule has 0 aliphatic heterocycles. The highest BCUT2D eigenvalue weighted by molar-refractivity contribution is 6.76. The molecule has 0 spiro atoms. The van der Waals surface area contributed by atoms with Gasteiger partial charge in [0.1, 0.15) is 22.9 Å². The fraction of sp³-hybridized carbons (Fsp3) is 0.364. The first-order valence-electron chi connectivity index (χ1n) is 5.01. The summed E-state index contributed by atoms with van der Waals surface area (Å²) in [6.07, 6.45) is 0. The first-order chi connectivity index (χ1) is 8.83. The number of benzene rings is 1. The van der Waals surface area contributed by atoms with Crippen LogP contribution in [0.25, 0.3) is 0 Å². The number of hydrogen-bond acceptors (Lipinski definition) is 4. The average molecular weight is 329 g/mol. The number of rotatable bonds is 4. The molecular formula is C11H12Cl3NO4. The molecule has 1 rings (SSSR count). The van der Waals surface area contributed by atoms with E-state index in [1.807, 2.05) is 0 Å².